The summed E-state index contributed by atoms with van der Waals surface area (Å²) in [5.74, 6) is 0.563. The van der Waals surface area contributed by atoms with Crippen LogP contribution in [0.2, 0.25) is 0 Å². The standard InChI is InChI=1S/C11H20N4/c1-15(2)8-4-3-7-13-10-5-6-11(12)14-9-10/h5-6,9,13H,3-4,7-8H2,1-2H3,(H2,12,14). The van der Waals surface area contributed by atoms with E-state index >= 15 is 0 Å². The third-order valence-electron chi connectivity index (χ3n) is 2.15. The van der Waals surface area contributed by atoms with Crippen LogP contribution in [0.15, 0.2) is 18.3 Å². The van der Waals surface area contributed by atoms with E-state index in [0.717, 1.165) is 18.8 Å². The van der Waals surface area contributed by atoms with E-state index in [4.69, 9.17) is 5.73 Å². The van der Waals surface area contributed by atoms with Crippen molar-refractivity contribution >= 4 is 11.5 Å². The van der Waals surface area contributed by atoms with Crippen molar-refractivity contribution in [3.63, 3.8) is 0 Å². The molecule has 1 aromatic heterocycles. The molecule has 0 radical (unpaired) electrons. The number of pyridine rings is 1. The second-order valence-electron chi connectivity index (χ2n) is 3.91. The highest BCUT2D eigenvalue weighted by Crippen LogP contribution is 2.06. The molecule has 1 rings (SSSR count). The molecule has 0 saturated heterocycles. The van der Waals surface area contributed by atoms with Gasteiger partial charge in [-0.15, -0.1) is 0 Å². The predicted octanol–water partition coefficient (Wildman–Crippen LogP) is 1.42. The van der Waals surface area contributed by atoms with E-state index in [1.54, 1.807) is 6.20 Å². The number of nitrogens with one attached hydrogen (secondary N) is 1. The number of unbranched alkanes of at least 4 members (excludes halogenated alkanes) is 1. The first-order chi connectivity index (χ1) is 7.18. The van der Waals surface area contributed by atoms with Crippen molar-refractivity contribution in [1.29, 1.82) is 0 Å². The van der Waals surface area contributed by atoms with Crippen LogP contribution in [0.5, 0.6) is 0 Å². The Morgan fingerprint density at radius 2 is 2.13 bits per heavy atom. The van der Waals surface area contributed by atoms with Crippen molar-refractivity contribution in [2.75, 3.05) is 38.2 Å². The van der Waals surface area contributed by atoms with Crippen LogP contribution >= 0.6 is 0 Å². The molecule has 0 aromatic carbocycles. The van der Waals surface area contributed by atoms with E-state index in [-0.39, 0.29) is 0 Å². The molecule has 4 nitrogen and oxygen atoms in total. The second kappa shape index (κ2) is 6.24. The normalized spacial score (nSPS) is 10.6. The Labute approximate surface area is 91.5 Å². The van der Waals surface area contributed by atoms with Crippen LogP contribution in [-0.2, 0) is 0 Å². The number of rotatable bonds is 6. The molecular formula is C11H20N4. The third-order valence-corrected chi connectivity index (χ3v) is 2.15. The lowest BCUT2D eigenvalue weighted by Gasteiger charge is -2.09. The lowest BCUT2D eigenvalue weighted by molar-refractivity contribution is 0.396. The SMILES string of the molecule is CN(C)CCCCNc1ccc(N)nc1. The number of aromatic nitrogens is 1. The van der Waals surface area contributed by atoms with Gasteiger partial charge in [-0.25, -0.2) is 4.98 Å². The highest BCUT2D eigenvalue weighted by atomic mass is 15.0. The summed E-state index contributed by atoms with van der Waals surface area (Å²) in [6.07, 6.45) is 4.15. The van der Waals surface area contributed by atoms with E-state index in [0.29, 0.717) is 5.82 Å². The van der Waals surface area contributed by atoms with Gasteiger partial charge in [-0.2, -0.15) is 0 Å². The summed E-state index contributed by atoms with van der Waals surface area (Å²) < 4.78 is 0. The minimum Gasteiger partial charge on any atom is -0.384 e. The molecule has 0 aliphatic carbocycles. The summed E-state index contributed by atoms with van der Waals surface area (Å²) in [6.45, 7) is 2.13. The lowest BCUT2D eigenvalue weighted by Crippen LogP contribution is -2.14. The molecule has 0 aliphatic rings. The van der Waals surface area contributed by atoms with Gasteiger partial charge in [0.05, 0.1) is 11.9 Å². The van der Waals surface area contributed by atoms with Crippen LogP contribution in [0, 0.1) is 0 Å². The predicted molar refractivity (Wildman–Crippen MR) is 64.9 cm³/mol. The van der Waals surface area contributed by atoms with Crippen LogP contribution in [0.3, 0.4) is 0 Å². The third kappa shape index (κ3) is 5.22. The molecule has 0 bridgehead atoms. The Bertz CT molecular complexity index is 268. The van der Waals surface area contributed by atoms with Gasteiger partial charge in [-0.3, -0.25) is 0 Å². The zero-order valence-electron chi connectivity index (χ0n) is 9.53. The molecule has 0 fully saturated rings. The fraction of sp³-hybridized carbons (Fsp3) is 0.545. The molecule has 0 unspecified atom stereocenters. The Morgan fingerprint density at radius 3 is 2.73 bits per heavy atom. The van der Waals surface area contributed by atoms with Gasteiger partial charge in [0.25, 0.3) is 0 Å². The summed E-state index contributed by atoms with van der Waals surface area (Å²) in [7, 11) is 4.19. The van der Waals surface area contributed by atoms with Gasteiger partial charge in [0.15, 0.2) is 0 Å². The highest BCUT2D eigenvalue weighted by Gasteiger charge is 1.93. The fourth-order valence-electron chi connectivity index (χ4n) is 1.30. The highest BCUT2D eigenvalue weighted by molar-refractivity contribution is 5.45. The molecule has 1 aromatic rings. The van der Waals surface area contributed by atoms with E-state index in [1.807, 2.05) is 12.1 Å². The number of hydrogen-bond donors (Lipinski definition) is 2. The van der Waals surface area contributed by atoms with Crippen LogP contribution in [0.25, 0.3) is 0 Å². The maximum Gasteiger partial charge on any atom is 0.123 e. The largest absolute Gasteiger partial charge is 0.384 e. The molecule has 0 amide bonds. The Hall–Kier alpha value is -1.29. The Balaban J connectivity index is 2.12. The average molecular weight is 208 g/mol. The summed E-state index contributed by atoms with van der Waals surface area (Å²) in [5, 5.41) is 3.31. The Kier molecular flexibility index (Phi) is 4.90. The number of nitrogen functional groups attached to an aromatic ring is 1. The zero-order chi connectivity index (χ0) is 11.1. The zero-order valence-corrected chi connectivity index (χ0v) is 9.53. The maximum absolute atomic E-state index is 5.49. The van der Waals surface area contributed by atoms with E-state index in [2.05, 4.69) is 29.3 Å². The molecule has 15 heavy (non-hydrogen) atoms. The smallest absolute Gasteiger partial charge is 0.123 e. The van der Waals surface area contributed by atoms with Gasteiger partial charge in [-0.1, -0.05) is 0 Å². The molecule has 0 atom stereocenters. The van der Waals surface area contributed by atoms with Gasteiger partial charge >= 0.3 is 0 Å². The molecule has 0 saturated carbocycles. The van der Waals surface area contributed by atoms with Crippen molar-refractivity contribution in [1.82, 2.24) is 9.88 Å². The summed E-state index contributed by atoms with van der Waals surface area (Å²) >= 11 is 0. The van der Waals surface area contributed by atoms with Gasteiger partial charge in [-0.05, 0) is 45.6 Å². The summed E-state index contributed by atoms with van der Waals surface area (Å²) in [4.78, 5) is 6.21. The van der Waals surface area contributed by atoms with Crippen molar-refractivity contribution in [3.8, 4) is 0 Å². The molecular weight excluding hydrogens is 188 g/mol. The molecule has 84 valence electrons. The number of nitrogens with two attached hydrogens (primary N) is 1. The van der Waals surface area contributed by atoms with Gasteiger partial charge < -0.3 is 16.0 Å². The number of anilines is 2. The first-order valence-corrected chi connectivity index (χ1v) is 5.28. The minimum atomic E-state index is 0.563. The van der Waals surface area contributed by atoms with Gasteiger partial charge in [0.2, 0.25) is 0 Å². The van der Waals surface area contributed by atoms with Crippen LogP contribution in [0.4, 0.5) is 11.5 Å². The summed E-state index contributed by atoms with van der Waals surface area (Å²) in [5.41, 5.74) is 6.53. The van der Waals surface area contributed by atoms with Crippen molar-refractivity contribution < 1.29 is 0 Å². The van der Waals surface area contributed by atoms with E-state index < -0.39 is 0 Å². The Morgan fingerprint density at radius 1 is 1.33 bits per heavy atom. The van der Waals surface area contributed by atoms with Crippen molar-refractivity contribution in [3.05, 3.63) is 18.3 Å². The fourth-order valence-corrected chi connectivity index (χ4v) is 1.30. The van der Waals surface area contributed by atoms with Gasteiger partial charge in [0.1, 0.15) is 5.82 Å². The maximum atomic E-state index is 5.49. The molecule has 0 aliphatic heterocycles. The van der Waals surface area contributed by atoms with Crippen molar-refractivity contribution in [2.45, 2.75) is 12.8 Å². The second-order valence-corrected chi connectivity index (χ2v) is 3.91. The number of nitrogens with zero attached hydrogens (tertiary/aromatic N) is 2. The minimum absolute atomic E-state index is 0.563. The number of hydrogen-bond acceptors (Lipinski definition) is 4. The average Bonchev–Trinajstić information content (AvgIpc) is 2.20. The molecule has 3 N–H and O–H groups in total. The topological polar surface area (TPSA) is 54.2 Å². The molecule has 0 spiro atoms. The van der Waals surface area contributed by atoms with E-state index in [1.165, 1.54) is 12.8 Å². The van der Waals surface area contributed by atoms with E-state index in [9.17, 15) is 0 Å². The summed E-state index contributed by atoms with van der Waals surface area (Å²) in [6, 6.07) is 3.76. The molecule has 1 heterocycles. The van der Waals surface area contributed by atoms with Crippen LogP contribution in [0.1, 0.15) is 12.8 Å². The van der Waals surface area contributed by atoms with Crippen LogP contribution < -0.4 is 11.1 Å². The monoisotopic (exact) mass is 208 g/mol. The first kappa shape index (κ1) is 11.8. The van der Waals surface area contributed by atoms with Crippen LogP contribution in [-0.4, -0.2) is 37.1 Å². The lowest BCUT2D eigenvalue weighted by atomic mass is 10.3. The van der Waals surface area contributed by atoms with Crippen molar-refractivity contribution in [2.24, 2.45) is 0 Å². The quantitative estimate of drug-likeness (QED) is 0.694. The van der Waals surface area contributed by atoms with Gasteiger partial charge in [0, 0.05) is 6.54 Å². The first-order valence-electron chi connectivity index (χ1n) is 5.28. The molecule has 4 heteroatoms.